The van der Waals surface area contributed by atoms with Crippen molar-refractivity contribution in [1.82, 2.24) is 14.8 Å². The lowest BCUT2D eigenvalue weighted by Gasteiger charge is -2.36. The van der Waals surface area contributed by atoms with Gasteiger partial charge in [-0.2, -0.15) is 13.2 Å². The third kappa shape index (κ3) is 5.55. The summed E-state index contributed by atoms with van der Waals surface area (Å²) in [5.74, 6) is -2.63. The Labute approximate surface area is 174 Å². The average Bonchev–Trinajstić information content (AvgIpc) is 3.38. The first kappa shape index (κ1) is 22.2. The molecule has 2 aliphatic heterocycles. The van der Waals surface area contributed by atoms with Crippen LogP contribution in [0.4, 0.5) is 13.2 Å². The summed E-state index contributed by atoms with van der Waals surface area (Å²) in [7, 11) is 0. The van der Waals surface area contributed by atoms with Gasteiger partial charge in [-0.05, 0) is 29.1 Å². The van der Waals surface area contributed by atoms with Gasteiger partial charge in [-0.3, -0.25) is 14.7 Å². The molecule has 2 atom stereocenters. The molecular formula is C19H20F3N3O4S. The van der Waals surface area contributed by atoms with Gasteiger partial charge in [-0.15, -0.1) is 11.3 Å². The lowest BCUT2D eigenvalue weighted by atomic mass is 10.1. The summed E-state index contributed by atoms with van der Waals surface area (Å²) < 4.78 is 37.7. The second kappa shape index (κ2) is 9.54. The largest absolute Gasteiger partial charge is 0.490 e. The molecule has 7 nitrogen and oxygen atoms in total. The Balaban J connectivity index is 0.000000318. The number of hydrogen-bond acceptors (Lipinski definition) is 6. The second-order valence-electron chi connectivity index (χ2n) is 6.79. The highest BCUT2D eigenvalue weighted by molar-refractivity contribution is 7.12. The number of nitrogens with zero attached hydrogens (tertiary/aromatic N) is 3. The number of morpholine rings is 1. The molecule has 11 heteroatoms. The maximum atomic E-state index is 12.6. The highest BCUT2D eigenvalue weighted by atomic mass is 32.1. The van der Waals surface area contributed by atoms with E-state index in [1.54, 1.807) is 0 Å². The molecule has 0 aromatic carbocycles. The predicted octanol–water partition coefficient (Wildman–Crippen LogP) is 2.50. The minimum absolute atomic E-state index is 0.120. The molecule has 1 amide bonds. The number of aromatic nitrogens is 1. The Bertz CT molecular complexity index is 848. The second-order valence-corrected chi connectivity index (χ2v) is 7.74. The third-order valence-corrected chi connectivity index (χ3v) is 5.67. The number of carbonyl (C=O) groups excluding carboxylic acids is 1. The highest BCUT2D eigenvalue weighted by Gasteiger charge is 2.42. The molecule has 0 aliphatic carbocycles. The van der Waals surface area contributed by atoms with E-state index in [1.807, 2.05) is 46.9 Å². The molecule has 162 valence electrons. The van der Waals surface area contributed by atoms with Crippen molar-refractivity contribution in [2.24, 2.45) is 0 Å². The Hall–Kier alpha value is -2.50. The van der Waals surface area contributed by atoms with Gasteiger partial charge in [-0.25, -0.2) is 4.79 Å². The van der Waals surface area contributed by atoms with E-state index in [0.717, 1.165) is 31.1 Å². The van der Waals surface area contributed by atoms with Crippen LogP contribution >= 0.6 is 11.3 Å². The number of rotatable bonds is 3. The number of pyridine rings is 1. The molecule has 2 aromatic heterocycles. The van der Waals surface area contributed by atoms with Gasteiger partial charge >= 0.3 is 12.1 Å². The van der Waals surface area contributed by atoms with Crippen molar-refractivity contribution >= 4 is 23.2 Å². The van der Waals surface area contributed by atoms with Crippen LogP contribution in [0.2, 0.25) is 0 Å². The third-order valence-electron chi connectivity index (χ3n) is 4.81. The first-order chi connectivity index (χ1) is 14.3. The molecular weight excluding hydrogens is 423 g/mol. The smallest absolute Gasteiger partial charge is 0.475 e. The lowest BCUT2D eigenvalue weighted by Crippen LogP contribution is -2.50. The summed E-state index contributed by atoms with van der Waals surface area (Å²) in [5, 5.41) is 9.07. The van der Waals surface area contributed by atoms with E-state index in [4.69, 9.17) is 14.6 Å². The van der Waals surface area contributed by atoms with Crippen LogP contribution in [0.5, 0.6) is 0 Å². The van der Waals surface area contributed by atoms with Crippen molar-refractivity contribution in [3.63, 3.8) is 0 Å². The van der Waals surface area contributed by atoms with Crippen LogP contribution < -0.4 is 0 Å². The minimum Gasteiger partial charge on any atom is -0.475 e. The first-order valence-corrected chi connectivity index (χ1v) is 10.0. The van der Waals surface area contributed by atoms with Crippen LogP contribution in [0.25, 0.3) is 0 Å². The zero-order valence-corrected chi connectivity index (χ0v) is 16.6. The number of halogens is 3. The van der Waals surface area contributed by atoms with Crippen LogP contribution in [-0.2, 0) is 16.1 Å². The van der Waals surface area contributed by atoms with E-state index < -0.39 is 12.1 Å². The molecule has 2 fully saturated rings. The van der Waals surface area contributed by atoms with E-state index in [1.165, 1.54) is 16.9 Å². The average molecular weight is 443 g/mol. The van der Waals surface area contributed by atoms with Crippen LogP contribution in [0.3, 0.4) is 0 Å². The molecule has 30 heavy (non-hydrogen) atoms. The Morgan fingerprint density at radius 3 is 2.53 bits per heavy atom. The molecule has 0 spiro atoms. The van der Waals surface area contributed by atoms with Crippen molar-refractivity contribution < 1.29 is 32.6 Å². The number of ether oxygens (including phenoxy) is 1. The summed E-state index contributed by atoms with van der Waals surface area (Å²) in [6.45, 7) is 3.95. The summed E-state index contributed by atoms with van der Waals surface area (Å²) in [5.41, 5.74) is 1.25. The van der Waals surface area contributed by atoms with Crippen molar-refractivity contribution in [2.75, 3.05) is 26.2 Å². The molecule has 2 aliphatic rings. The van der Waals surface area contributed by atoms with Gasteiger partial charge in [-0.1, -0.05) is 6.07 Å². The maximum absolute atomic E-state index is 12.6. The molecule has 0 radical (unpaired) electrons. The van der Waals surface area contributed by atoms with Gasteiger partial charge in [0.05, 0.1) is 23.6 Å². The predicted molar refractivity (Wildman–Crippen MR) is 102 cm³/mol. The molecule has 1 N–H and O–H groups in total. The van der Waals surface area contributed by atoms with E-state index in [0.29, 0.717) is 6.54 Å². The highest BCUT2D eigenvalue weighted by Crippen LogP contribution is 2.26. The minimum atomic E-state index is -5.08. The van der Waals surface area contributed by atoms with Gasteiger partial charge in [0.2, 0.25) is 0 Å². The Morgan fingerprint density at radius 2 is 1.93 bits per heavy atom. The van der Waals surface area contributed by atoms with E-state index in [2.05, 4.69) is 9.88 Å². The number of carbonyl (C=O) groups is 2. The number of aliphatic carboxylic acids is 1. The quantitative estimate of drug-likeness (QED) is 0.785. The number of thiophene rings is 1. The van der Waals surface area contributed by atoms with Gasteiger partial charge < -0.3 is 14.7 Å². The fraction of sp³-hybridized carbons (Fsp3) is 0.421. The number of fused-ring (bicyclic) bond motifs is 1. The maximum Gasteiger partial charge on any atom is 0.490 e. The van der Waals surface area contributed by atoms with Gasteiger partial charge in [0.25, 0.3) is 5.91 Å². The summed E-state index contributed by atoms with van der Waals surface area (Å²) in [6.07, 6.45) is -1.31. The van der Waals surface area contributed by atoms with Gasteiger partial charge in [0, 0.05) is 38.6 Å². The van der Waals surface area contributed by atoms with Crippen LogP contribution in [-0.4, -0.2) is 76.3 Å². The fourth-order valence-electron chi connectivity index (χ4n) is 3.40. The monoisotopic (exact) mass is 443 g/mol. The number of hydrogen-bond donors (Lipinski definition) is 1. The number of alkyl halides is 3. The number of carboxylic acids is 1. The Kier molecular flexibility index (Phi) is 7.06. The fourth-order valence-corrected chi connectivity index (χ4v) is 4.09. The van der Waals surface area contributed by atoms with Gasteiger partial charge in [0.15, 0.2) is 0 Å². The lowest BCUT2D eigenvalue weighted by molar-refractivity contribution is -0.192. The van der Waals surface area contributed by atoms with Crippen LogP contribution in [0.1, 0.15) is 15.2 Å². The molecule has 2 saturated heterocycles. The van der Waals surface area contributed by atoms with Crippen LogP contribution in [0, 0.1) is 0 Å². The van der Waals surface area contributed by atoms with Crippen molar-refractivity contribution in [1.29, 1.82) is 0 Å². The summed E-state index contributed by atoms with van der Waals surface area (Å²) in [4.78, 5) is 30.7. The number of likely N-dealkylation sites (tertiary alicyclic amines) is 1. The summed E-state index contributed by atoms with van der Waals surface area (Å²) >= 11 is 1.50. The zero-order valence-electron chi connectivity index (χ0n) is 15.8. The van der Waals surface area contributed by atoms with E-state index >= 15 is 0 Å². The molecule has 0 unspecified atom stereocenters. The normalized spacial score (nSPS) is 21.5. The molecule has 0 bridgehead atoms. The van der Waals surface area contributed by atoms with Crippen molar-refractivity contribution in [3.8, 4) is 0 Å². The molecule has 2 aromatic rings. The van der Waals surface area contributed by atoms with Gasteiger partial charge in [0.1, 0.15) is 0 Å². The SMILES string of the molecule is O=C(O)C(F)(F)F.O=C(c1cccs1)N1C[C@@H]2OCCN(Cc3ccncc3)[C@@H]2C1. The van der Waals surface area contributed by atoms with Crippen LogP contribution in [0.15, 0.2) is 42.0 Å². The van der Waals surface area contributed by atoms with E-state index in [9.17, 15) is 18.0 Å². The number of carboxylic acid groups (broad SMARTS) is 1. The summed E-state index contributed by atoms with van der Waals surface area (Å²) in [6, 6.07) is 8.20. The van der Waals surface area contributed by atoms with Crippen molar-refractivity contribution in [3.05, 3.63) is 52.5 Å². The molecule has 0 saturated carbocycles. The standard InChI is InChI=1S/C17H19N3O2S.C2HF3O2/c21-17(16-2-1-9-23-16)20-11-14-15(12-20)22-8-7-19(14)10-13-3-5-18-6-4-13;3-2(4,5)1(6)7/h1-6,9,14-15H,7-8,10-12H2;(H,6,7)/t14-,15+;/m1./s1. The molecule has 4 rings (SSSR count). The molecule has 4 heterocycles. The topological polar surface area (TPSA) is 83.0 Å². The van der Waals surface area contributed by atoms with E-state index in [-0.39, 0.29) is 18.1 Å². The van der Waals surface area contributed by atoms with Crippen molar-refractivity contribution in [2.45, 2.75) is 24.9 Å². The zero-order chi connectivity index (χ0) is 21.7. The first-order valence-electron chi connectivity index (χ1n) is 9.13. The number of amides is 1. The Morgan fingerprint density at radius 1 is 1.23 bits per heavy atom.